The van der Waals surface area contributed by atoms with Gasteiger partial charge in [0.05, 0.1) is 0 Å². The summed E-state index contributed by atoms with van der Waals surface area (Å²) in [5.41, 5.74) is 0. The number of alkyl halides is 3. The normalized spacial score (nSPS) is 17.5. The third kappa shape index (κ3) is 3.41. The van der Waals surface area contributed by atoms with Crippen LogP contribution in [0.1, 0.15) is 23.4 Å². The predicted octanol–water partition coefficient (Wildman–Crippen LogP) is 1.97. The minimum atomic E-state index is -5.06. The number of furan rings is 1. The molecule has 2 rings (SSSR count). The number of hydrogen-bond acceptors (Lipinski definition) is 4. The van der Waals surface area contributed by atoms with Crippen LogP contribution in [0.15, 0.2) is 16.5 Å². The van der Waals surface area contributed by atoms with E-state index >= 15 is 0 Å². The monoisotopic (exact) mass is 320 g/mol. The molecule has 1 amide bonds. The molecule has 122 valence electrons. The molecule has 0 saturated carbocycles. The molecule has 0 unspecified atom stereocenters. The van der Waals surface area contributed by atoms with Gasteiger partial charge in [0.15, 0.2) is 0 Å². The summed E-state index contributed by atoms with van der Waals surface area (Å²) in [7, 11) is 1.83. The quantitative estimate of drug-likeness (QED) is 0.921. The molecule has 1 aromatic rings. The lowest BCUT2D eigenvalue weighted by Crippen LogP contribution is -2.51. The number of carbonyl (C=O) groups excluding carboxylic acids is 1. The van der Waals surface area contributed by atoms with Crippen LogP contribution in [-0.2, 0) is 4.79 Å². The zero-order valence-corrected chi connectivity index (χ0v) is 11.8. The highest BCUT2D eigenvalue weighted by molar-refractivity contribution is 5.97. The fraction of sp³-hybridized carbons (Fsp3) is 0.538. The number of amides is 1. The highest BCUT2D eigenvalue weighted by Gasteiger charge is 2.46. The first kappa shape index (κ1) is 16.3. The van der Waals surface area contributed by atoms with E-state index in [1.807, 2.05) is 11.9 Å². The Morgan fingerprint density at radius 1 is 1.32 bits per heavy atom. The van der Waals surface area contributed by atoms with Crippen LogP contribution in [0.2, 0.25) is 0 Å². The Balaban J connectivity index is 2.32. The summed E-state index contributed by atoms with van der Waals surface area (Å²) in [6.45, 7) is 1.08. The second-order valence-electron chi connectivity index (χ2n) is 5.15. The van der Waals surface area contributed by atoms with Gasteiger partial charge in [-0.1, -0.05) is 0 Å². The van der Waals surface area contributed by atoms with Crippen molar-refractivity contribution in [2.75, 3.05) is 25.0 Å². The number of carboxylic acids is 1. The van der Waals surface area contributed by atoms with Gasteiger partial charge < -0.3 is 14.4 Å². The van der Waals surface area contributed by atoms with Gasteiger partial charge in [0, 0.05) is 12.1 Å². The molecule has 0 spiro atoms. The largest absolute Gasteiger partial charge is 0.475 e. The molecular weight excluding hydrogens is 305 g/mol. The van der Waals surface area contributed by atoms with Gasteiger partial charge in [0.2, 0.25) is 11.6 Å². The maximum Gasteiger partial charge on any atom is 0.471 e. The number of rotatable bonds is 3. The lowest BCUT2D eigenvalue weighted by Gasteiger charge is -2.36. The van der Waals surface area contributed by atoms with Gasteiger partial charge in [-0.2, -0.15) is 13.2 Å². The Labute approximate surface area is 124 Å². The molecule has 0 aliphatic carbocycles. The molecule has 0 atom stereocenters. The van der Waals surface area contributed by atoms with E-state index in [9.17, 15) is 22.8 Å². The molecule has 2 heterocycles. The van der Waals surface area contributed by atoms with Gasteiger partial charge in [0.1, 0.15) is 0 Å². The molecule has 0 bridgehead atoms. The Hall–Kier alpha value is -2.03. The third-order valence-corrected chi connectivity index (χ3v) is 3.55. The maximum atomic E-state index is 12.8. The van der Waals surface area contributed by atoms with Crippen molar-refractivity contribution >= 4 is 17.8 Å². The van der Waals surface area contributed by atoms with E-state index in [0.717, 1.165) is 12.1 Å². The fourth-order valence-corrected chi connectivity index (χ4v) is 2.41. The molecule has 0 aromatic carbocycles. The fourth-order valence-electron chi connectivity index (χ4n) is 2.41. The van der Waals surface area contributed by atoms with Gasteiger partial charge >= 0.3 is 18.1 Å². The highest BCUT2D eigenvalue weighted by atomic mass is 19.4. The van der Waals surface area contributed by atoms with Crippen molar-refractivity contribution in [3.05, 3.63) is 17.9 Å². The van der Waals surface area contributed by atoms with Crippen molar-refractivity contribution in [2.45, 2.75) is 25.1 Å². The molecule has 1 aromatic heterocycles. The summed E-state index contributed by atoms with van der Waals surface area (Å²) in [5.74, 6) is -4.36. The molecule has 1 fully saturated rings. The second-order valence-corrected chi connectivity index (χ2v) is 5.15. The summed E-state index contributed by atoms with van der Waals surface area (Å²) < 4.78 is 43.4. The van der Waals surface area contributed by atoms with E-state index < -0.39 is 35.7 Å². The van der Waals surface area contributed by atoms with E-state index in [-0.39, 0.29) is 0 Å². The zero-order chi connectivity index (χ0) is 16.5. The van der Waals surface area contributed by atoms with Crippen LogP contribution < -0.4 is 4.90 Å². The summed E-state index contributed by atoms with van der Waals surface area (Å²) in [5, 5.41) is 8.80. The molecule has 1 aliphatic heterocycles. The predicted molar refractivity (Wildman–Crippen MR) is 69.7 cm³/mol. The minimum absolute atomic E-state index is 0.349. The Bertz CT molecular complexity index is 562. The average molecular weight is 320 g/mol. The van der Waals surface area contributed by atoms with Gasteiger partial charge in [-0.05, 0) is 39.0 Å². The van der Waals surface area contributed by atoms with Crippen molar-refractivity contribution in [2.24, 2.45) is 0 Å². The van der Waals surface area contributed by atoms with Gasteiger partial charge in [-0.25, -0.2) is 4.79 Å². The van der Waals surface area contributed by atoms with Gasteiger partial charge in [-0.15, -0.1) is 0 Å². The summed E-state index contributed by atoms with van der Waals surface area (Å²) in [6.07, 6.45) is -4.36. The molecule has 9 heteroatoms. The van der Waals surface area contributed by atoms with Crippen LogP contribution in [0, 0.1) is 0 Å². The summed E-state index contributed by atoms with van der Waals surface area (Å²) >= 11 is 0. The van der Waals surface area contributed by atoms with E-state index in [1.165, 1.54) is 0 Å². The smallest absolute Gasteiger partial charge is 0.471 e. The van der Waals surface area contributed by atoms with Crippen molar-refractivity contribution in [1.82, 2.24) is 4.90 Å². The first-order valence-electron chi connectivity index (χ1n) is 6.62. The van der Waals surface area contributed by atoms with Crippen molar-refractivity contribution in [3.8, 4) is 0 Å². The number of piperidine rings is 1. The van der Waals surface area contributed by atoms with E-state index in [0.29, 0.717) is 30.8 Å². The first-order valence-corrected chi connectivity index (χ1v) is 6.62. The van der Waals surface area contributed by atoms with Crippen LogP contribution >= 0.6 is 0 Å². The van der Waals surface area contributed by atoms with Crippen LogP contribution in [0.3, 0.4) is 0 Å². The summed E-state index contributed by atoms with van der Waals surface area (Å²) in [4.78, 5) is 25.0. The first-order chi connectivity index (χ1) is 10.2. The molecular formula is C13H15F3N2O4. The van der Waals surface area contributed by atoms with Crippen molar-refractivity contribution in [1.29, 1.82) is 0 Å². The van der Waals surface area contributed by atoms with E-state index in [2.05, 4.69) is 0 Å². The number of carboxylic acid groups (broad SMARTS) is 1. The van der Waals surface area contributed by atoms with E-state index in [4.69, 9.17) is 9.52 Å². The molecule has 22 heavy (non-hydrogen) atoms. The number of aromatic carboxylic acids is 1. The average Bonchev–Trinajstić information content (AvgIpc) is 2.90. The van der Waals surface area contributed by atoms with Gasteiger partial charge in [0.25, 0.3) is 0 Å². The molecule has 1 aliphatic rings. The Morgan fingerprint density at radius 3 is 2.36 bits per heavy atom. The molecule has 1 saturated heterocycles. The number of halogens is 3. The number of hydrogen-bond donors (Lipinski definition) is 1. The highest BCUT2D eigenvalue weighted by Crippen LogP contribution is 2.30. The van der Waals surface area contributed by atoms with E-state index in [1.54, 1.807) is 0 Å². The number of likely N-dealkylation sites (tertiary alicyclic amines) is 1. The molecule has 0 radical (unpaired) electrons. The SMILES string of the molecule is CN1CCC(N(C(=O)C(F)(F)F)c2ccc(C(=O)O)o2)CC1. The maximum absolute atomic E-state index is 12.8. The lowest BCUT2D eigenvalue weighted by atomic mass is 10.0. The Kier molecular flexibility index (Phi) is 4.45. The van der Waals surface area contributed by atoms with Gasteiger partial charge in [-0.3, -0.25) is 9.69 Å². The van der Waals surface area contributed by atoms with Crippen molar-refractivity contribution in [3.63, 3.8) is 0 Å². The second kappa shape index (κ2) is 5.99. The van der Waals surface area contributed by atoms with Crippen LogP contribution in [-0.4, -0.2) is 54.2 Å². The minimum Gasteiger partial charge on any atom is -0.475 e. The number of nitrogens with zero attached hydrogens (tertiary/aromatic N) is 2. The summed E-state index contributed by atoms with van der Waals surface area (Å²) in [6, 6.07) is 1.42. The number of carbonyl (C=O) groups is 2. The molecule has 1 N–H and O–H groups in total. The molecule has 6 nitrogen and oxygen atoms in total. The van der Waals surface area contributed by atoms with Crippen molar-refractivity contribution < 1.29 is 32.3 Å². The lowest BCUT2D eigenvalue weighted by molar-refractivity contribution is -0.171. The Morgan fingerprint density at radius 2 is 1.91 bits per heavy atom. The third-order valence-electron chi connectivity index (χ3n) is 3.55. The zero-order valence-electron chi connectivity index (χ0n) is 11.8. The topological polar surface area (TPSA) is 74.0 Å². The standard InChI is InChI=1S/C13H15F3N2O4/c1-17-6-4-8(5-7-17)18(12(21)13(14,15)16)10-3-2-9(22-10)11(19)20/h2-3,8H,4-7H2,1H3,(H,19,20). The van der Waals surface area contributed by atoms with Crippen LogP contribution in [0.25, 0.3) is 0 Å². The van der Waals surface area contributed by atoms with Crippen LogP contribution in [0.5, 0.6) is 0 Å². The number of anilines is 1. The van der Waals surface area contributed by atoms with Crippen LogP contribution in [0.4, 0.5) is 19.1 Å².